The smallest absolute Gasteiger partial charge is 0.0897 e. The van der Waals surface area contributed by atoms with Gasteiger partial charge in [-0.25, -0.2) is 0 Å². The molecule has 0 radical (unpaired) electrons. The van der Waals surface area contributed by atoms with Crippen LogP contribution in [-0.2, 0) is 14.2 Å². The molecule has 1 aliphatic rings. The van der Waals surface area contributed by atoms with Crippen molar-refractivity contribution in [2.24, 2.45) is 0 Å². The van der Waals surface area contributed by atoms with Gasteiger partial charge in [0.15, 0.2) is 0 Å². The van der Waals surface area contributed by atoms with Crippen molar-refractivity contribution >= 4 is 0 Å². The SMILES string of the molecule is CC(C)OCCOCC(O)CNC1CCOC1. The lowest BCUT2D eigenvalue weighted by atomic mass is 10.2. The highest BCUT2D eigenvalue weighted by Gasteiger charge is 2.16. The lowest BCUT2D eigenvalue weighted by Crippen LogP contribution is -2.37. The van der Waals surface area contributed by atoms with Crippen LogP contribution in [0.15, 0.2) is 0 Å². The molecular formula is C12H25NO4. The summed E-state index contributed by atoms with van der Waals surface area (Å²) in [5.41, 5.74) is 0. The molecule has 0 aromatic carbocycles. The van der Waals surface area contributed by atoms with Crippen LogP contribution in [0.1, 0.15) is 20.3 Å². The molecule has 2 unspecified atom stereocenters. The molecule has 2 atom stereocenters. The first-order chi connectivity index (χ1) is 8.18. The molecule has 1 rings (SSSR count). The average molecular weight is 247 g/mol. The van der Waals surface area contributed by atoms with E-state index >= 15 is 0 Å². The minimum atomic E-state index is -0.463. The van der Waals surface area contributed by atoms with E-state index in [1.54, 1.807) is 0 Å². The maximum atomic E-state index is 9.65. The Morgan fingerprint density at radius 3 is 2.88 bits per heavy atom. The minimum Gasteiger partial charge on any atom is -0.389 e. The lowest BCUT2D eigenvalue weighted by Gasteiger charge is -2.15. The van der Waals surface area contributed by atoms with E-state index in [1.807, 2.05) is 13.8 Å². The predicted molar refractivity (Wildman–Crippen MR) is 65.1 cm³/mol. The van der Waals surface area contributed by atoms with Gasteiger partial charge in [0.05, 0.1) is 38.6 Å². The zero-order valence-electron chi connectivity index (χ0n) is 10.9. The molecule has 0 aliphatic carbocycles. The molecule has 2 N–H and O–H groups in total. The van der Waals surface area contributed by atoms with Gasteiger partial charge in [-0.05, 0) is 20.3 Å². The van der Waals surface area contributed by atoms with Gasteiger partial charge in [0, 0.05) is 19.2 Å². The molecule has 0 spiro atoms. The van der Waals surface area contributed by atoms with Crippen LogP contribution in [0.25, 0.3) is 0 Å². The Bertz CT molecular complexity index is 183. The number of aliphatic hydroxyl groups excluding tert-OH is 1. The summed E-state index contributed by atoms with van der Waals surface area (Å²) in [6.07, 6.45) is 0.790. The number of rotatable bonds is 9. The fourth-order valence-corrected chi connectivity index (χ4v) is 1.62. The van der Waals surface area contributed by atoms with Crippen molar-refractivity contribution in [2.75, 3.05) is 39.6 Å². The first kappa shape index (κ1) is 14.9. The van der Waals surface area contributed by atoms with Gasteiger partial charge in [0.25, 0.3) is 0 Å². The molecule has 0 bridgehead atoms. The topological polar surface area (TPSA) is 60.0 Å². The summed E-state index contributed by atoms with van der Waals surface area (Å²) in [7, 11) is 0. The van der Waals surface area contributed by atoms with E-state index in [9.17, 15) is 5.11 Å². The Morgan fingerprint density at radius 1 is 1.41 bits per heavy atom. The van der Waals surface area contributed by atoms with Crippen molar-refractivity contribution in [1.82, 2.24) is 5.32 Å². The van der Waals surface area contributed by atoms with Gasteiger partial charge in [-0.1, -0.05) is 0 Å². The molecule has 1 fully saturated rings. The quantitative estimate of drug-likeness (QED) is 0.569. The summed E-state index contributed by atoms with van der Waals surface area (Å²) in [4.78, 5) is 0. The zero-order valence-corrected chi connectivity index (χ0v) is 10.9. The fourth-order valence-electron chi connectivity index (χ4n) is 1.62. The van der Waals surface area contributed by atoms with Gasteiger partial charge < -0.3 is 24.6 Å². The molecule has 0 saturated carbocycles. The van der Waals surface area contributed by atoms with E-state index in [-0.39, 0.29) is 6.10 Å². The molecular weight excluding hydrogens is 222 g/mol. The molecule has 102 valence electrons. The Balaban J connectivity index is 1.88. The van der Waals surface area contributed by atoms with Crippen LogP contribution >= 0.6 is 0 Å². The highest BCUT2D eigenvalue weighted by molar-refractivity contribution is 4.72. The second-order valence-electron chi connectivity index (χ2n) is 4.62. The van der Waals surface area contributed by atoms with Crippen LogP contribution in [0.2, 0.25) is 0 Å². The summed E-state index contributed by atoms with van der Waals surface area (Å²) >= 11 is 0. The van der Waals surface area contributed by atoms with Gasteiger partial charge in [0.2, 0.25) is 0 Å². The normalized spacial score (nSPS) is 22.2. The summed E-state index contributed by atoms with van der Waals surface area (Å²) in [5, 5.41) is 12.9. The third kappa shape index (κ3) is 7.68. The highest BCUT2D eigenvalue weighted by atomic mass is 16.5. The Hall–Kier alpha value is -0.200. The van der Waals surface area contributed by atoms with Crippen LogP contribution in [0.4, 0.5) is 0 Å². The van der Waals surface area contributed by atoms with Gasteiger partial charge >= 0.3 is 0 Å². The predicted octanol–water partition coefficient (Wildman–Crippen LogP) is 0.167. The van der Waals surface area contributed by atoms with Crippen LogP contribution in [0, 0.1) is 0 Å². The second-order valence-corrected chi connectivity index (χ2v) is 4.62. The van der Waals surface area contributed by atoms with Crippen LogP contribution in [0.3, 0.4) is 0 Å². The number of ether oxygens (including phenoxy) is 3. The van der Waals surface area contributed by atoms with Crippen molar-refractivity contribution in [1.29, 1.82) is 0 Å². The average Bonchev–Trinajstić information content (AvgIpc) is 2.78. The molecule has 5 heteroatoms. The van der Waals surface area contributed by atoms with E-state index < -0.39 is 6.10 Å². The Morgan fingerprint density at radius 2 is 2.24 bits per heavy atom. The van der Waals surface area contributed by atoms with E-state index in [2.05, 4.69) is 5.32 Å². The summed E-state index contributed by atoms with van der Waals surface area (Å²) in [6.45, 7) is 7.55. The molecule has 0 aromatic rings. The van der Waals surface area contributed by atoms with E-state index in [0.29, 0.717) is 32.4 Å². The zero-order chi connectivity index (χ0) is 12.5. The van der Waals surface area contributed by atoms with E-state index in [1.165, 1.54) is 0 Å². The van der Waals surface area contributed by atoms with Crippen molar-refractivity contribution in [3.05, 3.63) is 0 Å². The van der Waals surface area contributed by atoms with Gasteiger partial charge in [-0.3, -0.25) is 0 Å². The molecule has 1 saturated heterocycles. The Labute approximate surface area is 103 Å². The van der Waals surface area contributed by atoms with Crippen molar-refractivity contribution in [2.45, 2.75) is 38.5 Å². The molecule has 0 amide bonds. The molecule has 1 heterocycles. The third-order valence-corrected chi connectivity index (χ3v) is 2.56. The van der Waals surface area contributed by atoms with Crippen molar-refractivity contribution in [3.63, 3.8) is 0 Å². The maximum Gasteiger partial charge on any atom is 0.0897 e. The maximum absolute atomic E-state index is 9.65. The second kappa shape index (κ2) is 8.83. The molecule has 1 aliphatic heterocycles. The van der Waals surface area contributed by atoms with Crippen LogP contribution < -0.4 is 5.32 Å². The number of nitrogens with one attached hydrogen (secondary N) is 1. The molecule has 17 heavy (non-hydrogen) atoms. The monoisotopic (exact) mass is 247 g/mol. The van der Waals surface area contributed by atoms with Gasteiger partial charge in [0.1, 0.15) is 0 Å². The number of aliphatic hydroxyl groups is 1. The van der Waals surface area contributed by atoms with Gasteiger partial charge in [-0.15, -0.1) is 0 Å². The first-order valence-electron chi connectivity index (χ1n) is 6.37. The third-order valence-electron chi connectivity index (χ3n) is 2.56. The van der Waals surface area contributed by atoms with Gasteiger partial charge in [-0.2, -0.15) is 0 Å². The summed E-state index contributed by atoms with van der Waals surface area (Å²) in [5.74, 6) is 0. The highest BCUT2D eigenvalue weighted by Crippen LogP contribution is 2.02. The number of hydrogen-bond acceptors (Lipinski definition) is 5. The first-order valence-corrected chi connectivity index (χ1v) is 6.37. The fraction of sp³-hybridized carbons (Fsp3) is 1.00. The minimum absolute atomic E-state index is 0.229. The van der Waals surface area contributed by atoms with E-state index in [0.717, 1.165) is 19.6 Å². The lowest BCUT2D eigenvalue weighted by molar-refractivity contribution is -0.0105. The number of hydrogen-bond donors (Lipinski definition) is 2. The van der Waals surface area contributed by atoms with Crippen molar-refractivity contribution < 1.29 is 19.3 Å². The summed E-state index contributed by atoms with van der Waals surface area (Å²) in [6, 6.07) is 0.383. The molecule has 0 aromatic heterocycles. The standard InChI is InChI=1S/C12H25NO4/c1-10(2)17-6-5-16-9-12(14)7-13-11-3-4-15-8-11/h10-14H,3-9H2,1-2H3. The van der Waals surface area contributed by atoms with Crippen LogP contribution in [-0.4, -0.2) is 62.9 Å². The largest absolute Gasteiger partial charge is 0.389 e. The Kier molecular flexibility index (Phi) is 7.72. The van der Waals surface area contributed by atoms with Crippen LogP contribution in [0.5, 0.6) is 0 Å². The molecule has 5 nitrogen and oxygen atoms in total. The van der Waals surface area contributed by atoms with E-state index in [4.69, 9.17) is 14.2 Å². The van der Waals surface area contributed by atoms with Crippen molar-refractivity contribution in [3.8, 4) is 0 Å². The summed E-state index contributed by atoms with van der Waals surface area (Å²) < 4.78 is 15.9.